The molecule has 132 valence electrons. The molecule has 2 heteroatoms. The molecule has 0 spiro atoms. The van der Waals surface area contributed by atoms with Gasteiger partial charge in [-0.2, -0.15) is 0 Å². The third kappa shape index (κ3) is 10.9. The van der Waals surface area contributed by atoms with Gasteiger partial charge in [-0.3, -0.25) is 0 Å². The van der Waals surface area contributed by atoms with Crippen LogP contribution in [-0.4, -0.2) is 34.7 Å². The van der Waals surface area contributed by atoms with Gasteiger partial charge in [0.15, 0.2) is 24.8 Å². The van der Waals surface area contributed by atoms with E-state index in [1.54, 1.807) is 0 Å². The summed E-state index contributed by atoms with van der Waals surface area (Å²) in [4.78, 5) is 0. The lowest BCUT2D eigenvalue weighted by Crippen LogP contribution is -2.08. The number of rotatable bonds is 10. The van der Waals surface area contributed by atoms with E-state index >= 15 is 0 Å². The highest BCUT2D eigenvalue weighted by molar-refractivity contribution is 5.68. The highest BCUT2D eigenvalue weighted by atomic mass is 15.0. The summed E-state index contributed by atoms with van der Waals surface area (Å²) < 4.78 is 4.54. The van der Waals surface area contributed by atoms with Gasteiger partial charge < -0.3 is 0 Å². The van der Waals surface area contributed by atoms with Gasteiger partial charge in [0.05, 0.1) is 0 Å². The predicted octanol–water partition coefficient (Wildman–Crippen LogP) is 5.47. The molecule has 0 N–H and O–H groups in total. The van der Waals surface area contributed by atoms with Crippen LogP contribution in [0.5, 0.6) is 0 Å². The van der Waals surface area contributed by atoms with Crippen molar-refractivity contribution in [3.8, 4) is 0 Å². The van der Waals surface area contributed by atoms with Gasteiger partial charge in [-0.25, -0.2) is 9.15 Å². The van der Waals surface area contributed by atoms with Crippen molar-refractivity contribution in [3.05, 3.63) is 48.9 Å². The number of allylic oxidation sites excluding steroid dienone is 6. The van der Waals surface area contributed by atoms with E-state index in [1.807, 2.05) is 0 Å². The van der Waals surface area contributed by atoms with Crippen molar-refractivity contribution in [2.45, 2.75) is 65.2 Å². The first-order valence-electron chi connectivity index (χ1n) is 9.75. The van der Waals surface area contributed by atoms with Gasteiger partial charge in [-0.15, -0.1) is 0 Å². The Morgan fingerprint density at radius 3 is 1.38 bits per heavy atom. The van der Waals surface area contributed by atoms with Crippen LogP contribution >= 0.6 is 0 Å². The monoisotopic (exact) mass is 328 g/mol. The quantitative estimate of drug-likeness (QED) is 0.371. The third-order valence-corrected chi connectivity index (χ3v) is 4.09. The van der Waals surface area contributed by atoms with Crippen LogP contribution in [0.25, 0.3) is 0 Å². The molecule has 1 rings (SSSR count). The Kier molecular flexibility index (Phi) is 12.6. The average molecular weight is 329 g/mol. The summed E-state index contributed by atoms with van der Waals surface area (Å²) in [6.07, 6.45) is 31.8. The highest BCUT2D eigenvalue weighted by Gasteiger charge is 2.00. The molecule has 0 saturated carbocycles. The van der Waals surface area contributed by atoms with Crippen LogP contribution in [0.4, 0.5) is 0 Å². The SMILES string of the molecule is CCCCCC[N+]1=C\C=C/C=C\[N+](CCCCCC)=C\C=C/C=C\1. The van der Waals surface area contributed by atoms with Crippen LogP contribution in [0.1, 0.15) is 65.2 Å². The molecule has 0 aromatic carbocycles. The van der Waals surface area contributed by atoms with E-state index in [1.165, 1.54) is 51.4 Å². The zero-order valence-electron chi connectivity index (χ0n) is 15.7. The van der Waals surface area contributed by atoms with Gasteiger partial charge in [0.2, 0.25) is 0 Å². The molecule has 0 atom stereocenters. The zero-order valence-corrected chi connectivity index (χ0v) is 15.7. The maximum absolute atomic E-state index is 2.27. The molecule has 0 aliphatic carbocycles. The van der Waals surface area contributed by atoms with Gasteiger partial charge in [0.25, 0.3) is 0 Å². The van der Waals surface area contributed by atoms with Crippen LogP contribution in [-0.2, 0) is 0 Å². The molecular weight excluding hydrogens is 292 g/mol. The second kappa shape index (κ2) is 14.9. The van der Waals surface area contributed by atoms with Crippen LogP contribution in [0, 0.1) is 0 Å². The molecule has 0 radical (unpaired) electrons. The first kappa shape index (κ1) is 20.3. The molecule has 0 bridgehead atoms. The second-order valence-electron chi connectivity index (χ2n) is 6.35. The first-order valence-corrected chi connectivity index (χ1v) is 9.75. The van der Waals surface area contributed by atoms with Crippen LogP contribution in [0.15, 0.2) is 48.9 Å². The minimum atomic E-state index is 1.09. The summed E-state index contributed by atoms with van der Waals surface area (Å²) in [5, 5.41) is 0. The van der Waals surface area contributed by atoms with Crippen LogP contribution in [0.2, 0.25) is 0 Å². The fourth-order valence-corrected chi connectivity index (χ4v) is 2.61. The summed E-state index contributed by atoms with van der Waals surface area (Å²) in [5.74, 6) is 0. The Balaban J connectivity index is 2.57. The lowest BCUT2D eigenvalue weighted by Gasteiger charge is -1.98. The Bertz CT molecular complexity index is 444. The van der Waals surface area contributed by atoms with Crippen molar-refractivity contribution >= 4 is 12.4 Å². The van der Waals surface area contributed by atoms with Gasteiger partial charge in [0.1, 0.15) is 13.1 Å². The lowest BCUT2D eigenvalue weighted by molar-refractivity contribution is -0.452. The molecular formula is C22H36N2+2. The molecule has 2 nitrogen and oxygen atoms in total. The Morgan fingerprint density at radius 1 is 0.500 bits per heavy atom. The van der Waals surface area contributed by atoms with E-state index in [4.69, 9.17) is 0 Å². The Labute approximate surface area is 149 Å². The average Bonchev–Trinajstić information content (AvgIpc) is 2.58. The highest BCUT2D eigenvalue weighted by Crippen LogP contribution is 2.00. The van der Waals surface area contributed by atoms with Crippen molar-refractivity contribution in [1.82, 2.24) is 0 Å². The van der Waals surface area contributed by atoms with Crippen molar-refractivity contribution in [3.63, 3.8) is 0 Å². The molecule has 0 aromatic rings. The smallest absolute Gasteiger partial charge is 0.168 e. The number of nitrogens with zero attached hydrogens (tertiary/aromatic N) is 2. The summed E-state index contributed by atoms with van der Waals surface area (Å²) in [7, 11) is 0. The number of hydrogen-bond acceptors (Lipinski definition) is 0. The third-order valence-electron chi connectivity index (χ3n) is 4.09. The van der Waals surface area contributed by atoms with E-state index in [0.717, 1.165) is 13.1 Å². The standard InChI is InChI=1S/C22H36N2/c1-3-5-7-11-17-23-19-13-9-15-21-24(18-12-8-6-4-2)22-16-10-14-20-23/h9-10,13-16,19-22H,3-8,11-12,17-18H2,1-2H3/q+2/b13-9-,14-10?,15-9?,16-10-,19-13?,20-14-,21-15-,22-16?,23-19+,23-20?,24-21?,24-22+. The topological polar surface area (TPSA) is 6.02 Å². The maximum Gasteiger partial charge on any atom is 0.168 e. The van der Waals surface area contributed by atoms with Crippen molar-refractivity contribution < 1.29 is 9.15 Å². The van der Waals surface area contributed by atoms with Gasteiger partial charge >= 0.3 is 0 Å². The fourth-order valence-electron chi connectivity index (χ4n) is 2.61. The molecule has 24 heavy (non-hydrogen) atoms. The largest absolute Gasteiger partial charge is 0.205 e. The molecule has 1 aliphatic heterocycles. The predicted molar refractivity (Wildman–Crippen MR) is 107 cm³/mol. The van der Waals surface area contributed by atoms with Crippen molar-refractivity contribution in [2.24, 2.45) is 0 Å². The minimum Gasteiger partial charge on any atom is -0.205 e. The van der Waals surface area contributed by atoms with E-state index in [2.05, 4.69) is 84.3 Å². The Morgan fingerprint density at radius 2 is 0.958 bits per heavy atom. The minimum absolute atomic E-state index is 1.09. The van der Waals surface area contributed by atoms with Gasteiger partial charge in [-0.1, -0.05) is 51.7 Å². The fraction of sp³-hybridized carbons (Fsp3) is 0.545. The second-order valence-corrected chi connectivity index (χ2v) is 6.35. The molecule has 0 amide bonds. The molecule has 0 unspecified atom stereocenters. The van der Waals surface area contributed by atoms with Crippen molar-refractivity contribution in [1.29, 1.82) is 0 Å². The molecule has 1 aliphatic rings. The molecule has 0 aromatic heterocycles. The van der Waals surface area contributed by atoms with E-state index in [-0.39, 0.29) is 0 Å². The summed E-state index contributed by atoms with van der Waals surface area (Å²) in [5.41, 5.74) is 0. The summed E-state index contributed by atoms with van der Waals surface area (Å²) in [6, 6.07) is 0. The van der Waals surface area contributed by atoms with E-state index in [0.29, 0.717) is 0 Å². The molecule has 1 heterocycles. The first-order chi connectivity index (χ1) is 11.9. The maximum atomic E-state index is 2.27. The number of unbranched alkanes of at least 4 members (excludes halogenated alkanes) is 6. The molecule has 0 saturated heterocycles. The Hall–Kier alpha value is -1.70. The molecule has 0 fully saturated rings. The zero-order chi connectivity index (χ0) is 17.3. The summed E-state index contributed by atoms with van der Waals surface area (Å²) in [6.45, 7) is 6.69. The van der Waals surface area contributed by atoms with E-state index < -0.39 is 0 Å². The summed E-state index contributed by atoms with van der Waals surface area (Å²) >= 11 is 0. The van der Waals surface area contributed by atoms with E-state index in [9.17, 15) is 0 Å². The van der Waals surface area contributed by atoms with Crippen molar-refractivity contribution in [2.75, 3.05) is 13.1 Å². The van der Waals surface area contributed by atoms with Gasteiger partial charge in [0, 0.05) is 37.1 Å². The number of hydrogen-bond donors (Lipinski definition) is 0. The lowest BCUT2D eigenvalue weighted by atomic mass is 10.2. The van der Waals surface area contributed by atoms with Crippen LogP contribution < -0.4 is 0 Å². The van der Waals surface area contributed by atoms with Crippen LogP contribution in [0.3, 0.4) is 0 Å². The van der Waals surface area contributed by atoms with Gasteiger partial charge in [-0.05, 0) is 12.8 Å². The normalized spacial score (nSPS) is 24.6.